The van der Waals surface area contributed by atoms with E-state index in [1.54, 1.807) is 12.3 Å². The molecule has 1 aromatic rings. The topological polar surface area (TPSA) is 42.2 Å². The van der Waals surface area contributed by atoms with Gasteiger partial charge >= 0.3 is 5.97 Å². The number of halogens is 1. The fourth-order valence-corrected chi connectivity index (χ4v) is 2.99. The fourth-order valence-electron chi connectivity index (χ4n) is 2.78. The average molecular weight is 256 g/mol. The maximum atomic E-state index is 11.2. The summed E-state index contributed by atoms with van der Waals surface area (Å²) in [6.07, 6.45) is 7.64. The van der Waals surface area contributed by atoms with Crippen LogP contribution in [-0.4, -0.2) is 15.6 Å². The molecule has 0 aliphatic heterocycles. The van der Waals surface area contributed by atoms with Gasteiger partial charge in [-0.25, -0.2) is 4.79 Å². The molecule has 1 saturated carbocycles. The predicted molar refractivity (Wildman–Crippen MR) is 67.7 cm³/mol. The molecule has 2 unspecified atom stereocenters. The van der Waals surface area contributed by atoms with E-state index in [1.807, 2.05) is 4.57 Å². The van der Waals surface area contributed by atoms with Crippen LogP contribution < -0.4 is 0 Å². The van der Waals surface area contributed by atoms with Crippen LogP contribution in [0, 0.1) is 5.92 Å². The normalized spacial score (nSPS) is 25.5. The van der Waals surface area contributed by atoms with E-state index in [4.69, 9.17) is 11.6 Å². The van der Waals surface area contributed by atoms with Gasteiger partial charge in [0.15, 0.2) is 0 Å². The Labute approximate surface area is 106 Å². The van der Waals surface area contributed by atoms with E-state index in [2.05, 4.69) is 6.92 Å². The van der Waals surface area contributed by atoms with Crippen molar-refractivity contribution in [3.8, 4) is 0 Å². The lowest BCUT2D eigenvalue weighted by Crippen LogP contribution is -2.19. The predicted octanol–water partition coefficient (Wildman–Crippen LogP) is 3.98. The van der Waals surface area contributed by atoms with Gasteiger partial charge in [-0.05, 0) is 24.8 Å². The maximum absolute atomic E-state index is 11.2. The molecule has 2 rings (SSSR count). The quantitative estimate of drug-likeness (QED) is 0.812. The molecular weight excluding hydrogens is 238 g/mol. The van der Waals surface area contributed by atoms with Crippen molar-refractivity contribution in [3.63, 3.8) is 0 Å². The van der Waals surface area contributed by atoms with E-state index in [9.17, 15) is 9.90 Å². The molecule has 1 aliphatic rings. The van der Waals surface area contributed by atoms with Crippen molar-refractivity contribution < 1.29 is 9.90 Å². The van der Waals surface area contributed by atoms with Crippen LogP contribution in [0.1, 0.15) is 55.6 Å². The summed E-state index contributed by atoms with van der Waals surface area (Å²) >= 11 is 5.93. The molecular formula is C13H18ClNO2. The first-order valence-corrected chi connectivity index (χ1v) is 6.58. The maximum Gasteiger partial charge on any atom is 0.352 e. The van der Waals surface area contributed by atoms with Crippen LogP contribution in [-0.2, 0) is 0 Å². The van der Waals surface area contributed by atoms with Crippen LogP contribution in [0.2, 0.25) is 5.02 Å². The average Bonchev–Trinajstić information content (AvgIpc) is 2.52. The number of rotatable bonds is 2. The fraction of sp³-hybridized carbons (Fsp3) is 0.615. The van der Waals surface area contributed by atoms with E-state index in [-0.39, 0.29) is 6.04 Å². The van der Waals surface area contributed by atoms with Crippen molar-refractivity contribution >= 4 is 17.6 Å². The molecule has 0 bridgehead atoms. The Morgan fingerprint density at radius 1 is 1.41 bits per heavy atom. The summed E-state index contributed by atoms with van der Waals surface area (Å²) < 4.78 is 1.86. The van der Waals surface area contributed by atoms with E-state index >= 15 is 0 Å². The molecule has 1 aliphatic carbocycles. The molecule has 17 heavy (non-hydrogen) atoms. The zero-order valence-corrected chi connectivity index (χ0v) is 10.8. The van der Waals surface area contributed by atoms with Gasteiger partial charge in [-0.1, -0.05) is 37.8 Å². The van der Waals surface area contributed by atoms with Crippen LogP contribution in [0.25, 0.3) is 0 Å². The largest absolute Gasteiger partial charge is 0.477 e. The van der Waals surface area contributed by atoms with Crippen molar-refractivity contribution in [2.24, 2.45) is 5.92 Å². The minimum atomic E-state index is -0.895. The molecule has 1 fully saturated rings. The van der Waals surface area contributed by atoms with Crippen molar-refractivity contribution in [2.75, 3.05) is 0 Å². The lowest BCUT2D eigenvalue weighted by atomic mass is 9.96. The molecule has 94 valence electrons. The second kappa shape index (κ2) is 5.13. The second-order valence-corrected chi connectivity index (χ2v) is 5.38. The van der Waals surface area contributed by atoms with Crippen molar-refractivity contribution in [1.29, 1.82) is 0 Å². The van der Waals surface area contributed by atoms with Crippen LogP contribution in [0.3, 0.4) is 0 Å². The highest BCUT2D eigenvalue weighted by molar-refractivity contribution is 6.30. The highest BCUT2D eigenvalue weighted by Crippen LogP contribution is 2.34. The number of carboxylic acid groups (broad SMARTS) is 1. The number of nitrogens with zero attached hydrogens (tertiary/aromatic N) is 1. The molecule has 0 radical (unpaired) electrons. The number of aromatic carboxylic acids is 1. The second-order valence-electron chi connectivity index (χ2n) is 4.94. The molecule has 0 spiro atoms. The van der Waals surface area contributed by atoms with Gasteiger partial charge in [0, 0.05) is 12.2 Å². The van der Waals surface area contributed by atoms with Crippen molar-refractivity contribution in [2.45, 2.75) is 45.1 Å². The van der Waals surface area contributed by atoms with Crippen LogP contribution >= 0.6 is 11.6 Å². The molecule has 2 atom stereocenters. The van der Waals surface area contributed by atoms with Crippen LogP contribution in [0.5, 0.6) is 0 Å². The first-order chi connectivity index (χ1) is 8.09. The van der Waals surface area contributed by atoms with Gasteiger partial charge in [0.2, 0.25) is 0 Å². The number of carbonyl (C=O) groups is 1. The number of hydrogen-bond donors (Lipinski definition) is 1. The summed E-state index contributed by atoms with van der Waals surface area (Å²) in [5.41, 5.74) is 0.314. The standard InChI is InChI=1S/C13H18ClNO2/c1-9-5-3-2-4-6-11(9)15-8-10(14)7-12(15)13(16)17/h7-9,11H,2-6H2,1H3,(H,16,17). The van der Waals surface area contributed by atoms with Gasteiger partial charge in [-0.15, -0.1) is 0 Å². The highest BCUT2D eigenvalue weighted by Gasteiger charge is 2.25. The highest BCUT2D eigenvalue weighted by atomic mass is 35.5. The molecule has 3 nitrogen and oxygen atoms in total. The van der Waals surface area contributed by atoms with Crippen LogP contribution in [0.4, 0.5) is 0 Å². The van der Waals surface area contributed by atoms with Gasteiger partial charge in [-0.3, -0.25) is 0 Å². The van der Waals surface area contributed by atoms with Gasteiger partial charge in [0.25, 0.3) is 0 Å². The molecule has 0 amide bonds. The summed E-state index contributed by atoms with van der Waals surface area (Å²) in [7, 11) is 0. The molecule has 0 aromatic carbocycles. The Kier molecular flexibility index (Phi) is 3.77. The Bertz CT molecular complexity index is 414. The van der Waals surface area contributed by atoms with Crippen LogP contribution in [0.15, 0.2) is 12.3 Å². The molecule has 1 aromatic heterocycles. The molecule has 4 heteroatoms. The minimum absolute atomic E-state index is 0.274. The van der Waals surface area contributed by atoms with Gasteiger partial charge < -0.3 is 9.67 Å². The zero-order valence-electron chi connectivity index (χ0n) is 10.0. The summed E-state index contributed by atoms with van der Waals surface area (Å²) in [5.74, 6) is -0.382. The van der Waals surface area contributed by atoms with E-state index in [0.717, 1.165) is 6.42 Å². The van der Waals surface area contributed by atoms with Gasteiger partial charge in [0.05, 0.1) is 5.02 Å². The third-order valence-corrected chi connectivity index (χ3v) is 3.91. The Morgan fingerprint density at radius 3 is 2.82 bits per heavy atom. The number of aromatic nitrogens is 1. The van der Waals surface area contributed by atoms with E-state index in [0.29, 0.717) is 16.6 Å². The third kappa shape index (κ3) is 2.65. The number of hydrogen-bond acceptors (Lipinski definition) is 1. The first kappa shape index (κ1) is 12.5. The third-order valence-electron chi connectivity index (χ3n) is 3.71. The van der Waals surface area contributed by atoms with E-state index < -0.39 is 5.97 Å². The monoisotopic (exact) mass is 255 g/mol. The summed E-state index contributed by atoms with van der Waals surface area (Å²) in [4.78, 5) is 11.2. The zero-order chi connectivity index (χ0) is 12.4. The number of carboxylic acids is 1. The lowest BCUT2D eigenvalue weighted by molar-refractivity contribution is 0.0680. The lowest BCUT2D eigenvalue weighted by Gasteiger charge is -2.24. The summed E-state index contributed by atoms with van der Waals surface area (Å²) in [6, 6.07) is 1.82. The summed E-state index contributed by atoms with van der Waals surface area (Å²) in [6.45, 7) is 2.20. The Hall–Kier alpha value is -0.960. The Morgan fingerprint density at radius 2 is 2.12 bits per heavy atom. The Balaban J connectivity index is 2.33. The van der Waals surface area contributed by atoms with Gasteiger partial charge in [-0.2, -0.15) is 0 Å². The molecule has 0 saturated heterocycles. The van der Waals surface area contributed by atoms with Crippen molar-refractivity contribution in [3.05, 3.63) is 23.0 Å². The molecule has 1 heterocycles. The van der Waals surface area contributed by atoms with E-state index in [1.165, 1.54) is 25.7 Å². The minimum Gasteiger partial charge on any atom is -0.477 e. The molecule has 1 N–H and O–H groups in total. The van der Waals surface area contributed by atoms with Crippen molar-refractivity contribution in [1.82, 2.24) is 4.57 Å². The first-order valence-electron chi connectivity index (χ1n) is 6.20. The van der Waals surface area contributed by atoms with Gasteiger partial charge in [0.1, 0.15) is 5.69 Å². The summed E-state index contributed by atoms with van der Waals surface area (Å²) in [5, 5.41) is 9.70. The SMILES string of the molecule is CC1CCCCCC1n1cc(Cl)cc1C(=O)O. The smallest absolute Gasteiger partial charge is 0.352 e.